The Morgan fingerprint density at radius 1 is 0.892 bits per heavy atom. The van der Waals surface area contributed by atoms with E-state index in [-0.39, 0.29) is 17.9 Å². The number of benzene rings is 2. The number of ketones is 1. The summed E-state index contributed by atoms with van der Waals surface area (Å²) < 4.78 is 21.9. The zero-order valence-corrected chi connectivity index (χ0v) is 21.3. The molecule has 3 aromatic rings. The standard InChI is InChI=1S/C28H28N2O7/c1-16-6-7-20(34-2)19(12-16)25(31)23-24(18-13-21(35-3)27(37-5)22(14-18)36-4)30(28(33)26(23)32)15-17-8-10-29-11-9-17/h6-14,24,31H,15H2,1-5H3/b25-23+. The van der Waals surface area contributed by atoms with Gasteiger partial charge in [-0.2, -0.15) is 0 Å². The van der Waals surface area contributed by atoms with Gasteiger partial charge in [0.1, 0.15) is 11.5 Å². The van der Waals surface area contributed by atoms with Crippen molar-refractivity contribution in [3.05, 3.63) is 82.7 Å². The average molecular weight is 505 g/mol. The Morgan fingerprint density at radius 2 is 1.51 bits per heavy atom. The molecule has 9 nitrogen and oxygen atoms in total. The van der Waals surface area contributed by atoms with Crippen molar-refractivity contribution in [1.82, 2.24) is 9.88 Å². The topological polar surface area (TPSA) is 107 Å². The Bertz CT molecular complexity index is 1340. The van der Waals surface area contributed by atoms with Crippen molar-refractivity contribution in [2.45, 2.75) is 19.5 Å². The van der Waals surface area contributed by atoms with Crippen LogP contribution in [0.25, 0.3) is 5.76 Å². The Morgan fingerprint density at radius 3 is 2.08 bits per heavy atom. The highest BCUT2D eigenvalue weighted by atomic mass is 16.5. The Labute approximate surface area is 214 Å². The van der Waals surface area contributed by atoms with Crippen molar-refractivity contribution in [1.29, 1.82) is 0 Å². The number of aromatic nitrogens is 1. The largest absolute Gasteiger partial charge is 0.507 e. The first kappa shape index (κ1) is 25.6. The minimum Gasteiger partial charge on any atom is -0.507 e. The summed E-state index contributed by atoms with van der Waals surface area (Å²) >= 11 is 0. The number of aliphatic hydroxyl groups is 1. The molecule has 2 aromatic carbocycles. The number of hydrogen-bond acceptors (Lipinski definition) is 8. The van der Waals surface area contributed by atoms with E-state index in [2.05, 4.69) is 4.98 Å². The molecule has 1 aromatic heterocycles. The zero-order chi connectivity index (χ0) is 26.7. The van der Waals surface area contributed by atoms with Gasteiger partial charge in [-0.05, 0) is 54.4 Å². The third kappa shape index (κ3) is 4.67. The second-order valence-corrected chi connectivity index (χ2v) is 8.44. The summed E-state index contributed by atoms with van der Waals surface area (Å²) in [5, 5.41) is 11.5. The molecule has 192 valence electrons. The van der Waals surface area contributed by atoms with E-state index in [0.717, 1.165) is 11.1 Å². The number of carbonyl (C=O) groups excluding carboxylic acids is 2. The molecule has 4 rings (SSSR count). The van der Waals surface area contributed by atoms with Gasteiger partial charge in [0.25, 0.3) is 11.7 Å². The lowest BCUT2D eigenvalue weighted by molar-refractivity contribution is -0.140. The van der Waals surface area contributed by atoms with Crippen molar-refractivity contribution < 1.29 is 33.6 Å². The Hall–Kier alpha value is -4.53. The van der Waals surface area contributed by atoms with Crippen molar-refractivity contribution in [3.63, 3.8) is 0 Å². The molecule has 0 bridgehead atoms. The van der Waals surface area contributed by atoms with Gasteiger partial charge in [0, 0.05) is 18.9 Å². The monoisotopic (exact) mass is 504 g/mol. The number of pyridine rings is 1. The van der Waals surface area contributed by atoms with Crippen LogP contribution in [0.2, 0.25) is 0 Å². The van der Waals surface area contributed by atoms with Gasteiger partial charge >= 0.3 is 0 Å². The number of carbonyl (C=O) groups is 2. The highest BCUT2D eigenvalue weighted by Gasteiger charge is 2.47. The van der Waals surface area contributed by atoms with Crippen LogP contribution < -0.4 is 18.9 Å². The summed E-state index contributed by atoms with van der Waals surface area (Å²) in [7, 11) is 5.92. The van der Waals surface area contributed by atoms with E-state index < -0.39 is 17.7 Å². The molecule has 1 aliphatic rings. The molecule has 1 aliphatic heterocycles. The molecule has 1 unspecified atom stereocenters. The second-order valence-electron chi connectivity index (χ2n) is 8.44. The van der Waals surface area contributed by atoms with Crippen molar-refractivity contribution in [2.24, 2.45) is 0 Å². The number of nitrogens with zero attached hydrogens (tertiary/aromatic N) is 2. The fraction of sp³-hybridized carbons (Fsp3) is 0.250. The molecule has 1 N–H and O–H groups in total. The molecule has 37 heavy (non-hydrogen) atoms. The fourth-order valence-electron chi connectivity index (χ4n) is 4.49. The van der Waals surface area contributed by atoms with Gasteiger partial charge < -0.3 is 29.0 Å². The van der Waals surface area contributed by atoms with Gasteiger partial charge in [0.15, 0.2) is 11.5 Å². The van der Waals surface area contributed by atoms with E-state index in [9.17, 15) is 14.7 Å². The summed E-state index contributed by atoms with van der Waals surface area (Å²) in [4.78, 5) is 32.3. The molecule has 9 heteroatoms. The fourth-order valence-corrected chi connectivity index (χ4v) is 4.49. The predicted octanol–water partition coefficient (Wildman–Crippen LogP) is 4.05. The highest BCUT2D eigenvalue weighted by Crippen LogP contribution is 2.46. The van der Waals surface area contributed by atoms with Crippen LogP contribution in [-0.4, -0.2) is 55.1 Å². The van der Waals surface area contributed by atoms with Crippen molar-refractivity contribution in [3.8, 4) is 23.0 Å². The SMILES string of the molecule is COc1ccc(C)cc1/C(O)=C1\C(=O)C(=O)N(Cc2ccncc2)C1c1cc(OC)c(OC)c(OC)c1. The molecular weight excluding hydrogens is 476 g/mol. The zero-order valence-electron chi connectivity index (χ0n) is 21.3. The van der Waals surface area contributed by atoms with Gasteiger partial charge in [0.2, 0.25) is 5.75 Å². The maximum Gasteiger partial charge on any atom is 0.295 e. The van der Waals surface area contributed by atoms with Gasteiger partial charge in [0.05, 0.1) is 45.6 Å². The lowest BCUT2D eigenvalue weighted by Gasteiger charge is -2.26. The van der Waals surface area contributed by atoms with E-state index in [1.807, 2.05) is 13.0 Å². The first-order valence-corrected chi connectivity index (χ1v) is 11.5. The van der Waals surface area contributed by atoms with E-state index in [1.54, 1.807) is 48.8 Å². The third-order valence-corrected chi connectivity index (χ3v) is 6.26. The highest BCUT2D eigenvalue weighted by molar-refractivity contribution is 6.46. The molecule has 0 aliphatic carbocycles. The minimum atomic E-state index is -0.952. The molecule has 0 radical (unpaired) electrons. The second kappa shape index (κ2) is 10.6. The first-order valence-electron chi connectivity index (χ1n) is 11.5. The summed E-state index contributed by atoms with van der Waals surface area (Å²) in [6.07, 6.45) is 3.22. The predicted molar refractivity (Wildman–Crippen MR) is 136 cm³/mol. The molecule has 0 saturated carbocycles. The van der Waals surface area contributed by atoms with Gasteiger partial charge in [-0.3, -0.25) is 14.6 Å². The molecule has 1 atom stereocenters. The number of aliphatic hydroxyl groups excluding tert-OH is 1. The lowest BCUT2D eigenvalue weighted by atomic mass is 9.93. The molecule has 1 amide bonds. The third-order valence-electron chi connectivity index (χ3n) is 6.26. The van der Waals surface area contributed by atoms with Gasteiger partial charge in [-0.15, -0.1) is 0 Å². The van der Waals surface area contributed by atoms with E-state index in [0.29, 0.717) is 34.1 Å². The van der Waals surface area contributed by atoms with Crippen LogP contribution in [-0.2, 0) is 16.1 Å². The smallest absolute Gasteiger partial charge is 0.295 e. The number of aryl methyl sites for hydroxylation is 1. The number of amides is 1. The van der Waals surface area contributed by atoms with Crippen molar-refractivity contribution in [2.75, 3.05) is 28.4 Å². The molecular formula is C28H28N2O7. The van der Waals surface area contributed by atoms with Gasteiger partial charge in [-0.25, -0.2) is 0 Å². The van der Waals surface area contributed by atoms with Crippen LogP contribution in [0, 0.1) is 6.92 Å². The van der Waals surface area contributed by atoms with Crippen LogP contribution in [0.4, 0.5) is 0 Å². The first-order chi connectivity index (χ1) is 17.8. The average Bonchev–Trinajstić information content (AvgIpc) is 3.17. The van der Waals surface area contributed by atoms with Crippen LogP contribution in [0.1, 0.15) is 28.3 Å². The van der Waals surface area contributed by atoms with Gasteiger partial charge in [-0.1, -0.05) is 11.6 Å². The Kier molecular flexibility index (Phi) is 7.33. The summed E-state index contributed by atoms with van der Waals surface area (Å²) in [5.74, 6) is -0.473. The number of hydrogen-bond donors (Lipinski definition) is 1. The number of rotatable bonds is 8. The maximum atomic E-state index is 13.5. The molecule has 2 heterocycles. The normalized spacial score (nSPS) is 16.6. The Balaban J connectivity index is 1.99. The van der Waals surface area contributed by atoms with Crippen LogP contribution in [0.15, 0.2) is 60.4 Å². The maximum absolute atomic E-state index is 13.5. The number of likely N-dealkylation sites (tertiary alicyclic amines) is 1. The minimum absolute atomic E-state index is 0.0720. The van der Waals surface area contributed by atoms with Crippen LogP contribution in [0.3, 0.4) is 0 Å². The number of ether oxygens (including phenoxy) is 4. The quantitative estimate of drug-likeness (QED) is 0.278. The van der Waals surface area contributed by atoms with Crippen molar-refractivity contribution >= 4 is 17.4 Å². The summed E-state index contributed by atoms with van der Waals surface area (Å²) in [6.45, 7) is 1.96. The van der Waals surface area contributed by atoms with E-state index in [4.69, 9.17) is 18.9 Å². The molecule has 1 saturated heterocycles. The summed E-state index contributed by atoms with van der Waals surface area (Å²) in [5.41, 5.74) is 2.34. The summed E-state index contributed by atoms with van der Waals surface area (Å²) in [6, 6.07) is 11.1. The number of methoxy groups -OCH3 is 4. The van der Waals surface area contributed by atoms with Crippen LogP contribution in [0.5, 0.6) is 23.0 Å². The number of Topliss-reactive ketones (excluding diaryl/α,β-unsaturated/α-hetero) is 1. The van der Waals surface area contributed by atoms with Crippen LogP contribution >= 0.6 is 0 Å². The molecule has 0 spiro atoms. The lowest BCUT2D eigenvalue weighted by Crippen LogP contribution is -2.29. The van der Waals surface area contributed by atoms with E-state index in [1.165, 1.54) is 33.3 Å². The van der Waals surface area contributed by atoms with E-state index >= 15 is 0 Å². The molecule has 1 fully saturated rings.